The van der Waals surface area contributed by atoms with Gasteiger partial charge in [-0.05, 0) is 75.6 Å². The van der Waals surface area contributed by atoms with Crippen LogP contribution in [0.5, 0.6) is 17.6 Å². The van der Waals surface area contributed by atoms with E-state index < -0.39 is 17.2 Å². The van der Waals surface area contributed by atoms with Crippen molar-refractivity contribution in [3.8, 4) is 28.9 Å². The van der Waals surface area contributed by atoms with Gasteiger partial charge in [0.2, 0.25) is 5.88 Å². The van der Waals surface area contributed by atoms with Crippen molar-refractivity contribution in [1.82, 2.24) is 19.9 Å². The van der Waals surface area contributed by atoms with Crippen LogP contribution in [0.25, 0.3) is 32.9 Å². The first kappa shape index (κ1) is 34.2. The number of hydrogen-bond acceptors (Lipinski definition) is 11. The molecule has 3 unspecified atom stereocenters. The molecule has 2 aromatic heterocycles. The van der Waals surface area contributed by atoms with Gasteiger partial charge in [0.25, 0.3) is 0 Å². The van der Waals surface area contributed by atoms with Crippen molar-refractivity contribution in [1.29, 1.82) is 0 Å². The maximum atomic E-state index is 17.1. The monoisotopic (exact) mass is 705 g/mol. The summed E-state index contributed by atoms with van der Waals surface area (Å²) in [7, 11) is 3.19. The molecule has 2 N–H and O–H groups in total. The van der Waals surface area contributed by atoms with E-state index in [-0.39, 0.29) is 69.6 Å². The van der Waals surface area contributed by atoms with E-state index in [2.05, 4.69) is 14.9 Å². The molecule has 2 aromatic carbocycles. The first-order valence-electron chi connectivity index (χ1n) is 17.9. The number of aliphatic hydroxyl groups is 1. The van der Waals surface area contributed by atoms with Gasteiger partial charge in [0.15, 0.2) is 5.82 Å². The fourth-order valence-corrected chi connectivity index (χ4v) is 9.05. The molecule has 11 nitrogen and oxygen atoms in total. The molecule has 2 aliphatic heterocycles. The molecule has 4 aromatic rings. The quantitative estimate of drug-likeness (QED) is 0.238. The Morgan fingerprint density at radius 2 is 1.86 bits per heavy atom. The Morgan fingerprint density at radius 3 is 2.67 bits per heavy atom. The van der Waals surface area contributed by atoms with Gasteiger partial charge in [-0.1, -0.05) is 18.6 Å². The predicted octanol–water partition coefficient (Wildman–Crippen LogP) is 5.62. The summed E-state index contributed by atoms with van der Waals surface area (Å²) < 4.78 is 56.0. The van der Waals surface area contributed by atoms with E-state index in [0.717, 1.165) is 51.5 Å². The lowest BCUT2D eigenvalue weighted by molar-refractivity contribution is -0.0845. The summed E-state index contributed by atoms with van der Waals surface area (Å²) in [4.78, 5) is 18.6. The number of benzene rings is 2. The molecule has 0 amide bonds. The topological polar surface area (TPSA) is 123 Å². The van der Waals surface area contributed by atoms with Crippen molar-refractivity contribution in [2.45, 2.75) is 75.7 Å². The highest BCUT2D eigenvalue weighted by Crippen LogP contribution is 2.50. The van der Waals surface area contributed by atoms with E-state index in [1.54, 1.807) is 20.1 Å². The number of pyridine rings is 1. The summed E-state index contributed by atoms with van der Waals surface area (Å²) in [5, 5.41) is 22.4. The van der Waals surface area contributed by atoms with Crippen LogP contribution in [0.2, 0.25) is 0 Å². The fourth-order valence-electron chi connectivity index (χ4n) is 9.05. The van der Waals surface area contributed by atoms with Gasteiger partial charge in [-0.15, -0.1) is 0 Å². The van der Waals surface area contributed by atoms with Gasteiger partial charge in [-0.3, -0.25) is 4.90 Å². The zero-order chi connectivity index (χ0) is 35.5. The van der Waals surface area contributed by atoms with E-state index >= 15 is 8.78 Å². The van der Waals surface area contributed by atoms with Crippen LogP contribution in [-0.2, 0) is 9.47 Å². The van der Waals surface area contributed by atoms with Crippen LogP contribution >= 0.6 is 0 Å². The molecule has 2 saturated heterocycles. The minimum atomic E-state index is -1.23. The number of β-amino-alcohol motifs (C(OH)–C–C–N with tert-alkyl or cyclic N) is 1. The van der Waals surface area contributed by atoms with Crippen molar-refractivity contribution in [2.24, 2.45) is 5.41 Å². The summed E-state index contributed by atoms with van der Waals surface area (Å²) in [6.45, 7) is 4.01. The zero-order valence-electron chi connectivity index (χ0n) is 29.3. The first-order valence-corrected chi connectivity index (χ1v) is 17.9. The lowest BCUT2D eigenvalue weighted by Gasteiger charge is -2.53. The van der Waals surface area contributed by atoms with Crippen LogP contribution in [0, 0.1) is 17.0 Å². The van der Waals surface area contributed by atoms with Crippen molar-refractivity contribution in [2.75, 3.05) is 58.6 Å². The van der Waals surface area contributed by atoms with Gasteiger partial charge in [-0.2, -0.15) is 9.97 Å². The molecule has 2 aliphatic carbocycles. The average Bonchev–Trinajstić information content (AvgIpc) is 3.44. The van der Waals surface area contributed by atoms with Crippen LogP contribution in [0.4, 0.5) is 14.6 Å². The number of anilines is 1. The molecule has 51 heavy (non-hydrogen) atoms. The van der Waals surface area contributed by atoms with Crippen LogP contribution in [0.3, 0.4) is 0 Å². The van der Waals surface area contributed by atoms with Crippen LogP contribution < -0.4 is 14.4 Å². The van der Waals surface area contributed by atoms with E-state index in [0.29, 0.717) is 43.3 Å². The highest BCUT2D eigenvalue weighted by molar-refractivity contribution is 6.02. The number of piperidine rings is 1. The van der Waals surface area contributed by atoms with Crippen molar-refractivity contribution >= 4 is 27.5 Å². The Hall–Kier alpha value is -3.91. The Bertz CT molecular complexity index is 1960. The third-order valence-corrected chi connectivity index (χ3v) is 11.5. The molecule has 4 fully saturated rings. The molecule has 13 heteroatoms. The summed E-state index contributed by atoms with van der Waals surface area (Å²) >= 11 is 0. The molecule has 8 rings (SSSR count). The van der Waals surface area contributed by atoms with E-state index in [4.69, 9.17) is 23.9 Å². The summed E-state index contributed by atoms with van der Waals surface area (Å²) in [5.74, 6) is -1.31. The van der Waals surface area contributed by atoms with Gasteiger partial charge in [0.05, 0.1) is 39.6 Å². The Labute approximate surface area is 295 Å². The number of phenolic OH excluding ortho intramolecular Hbond substituents is 1. The number of phenols is 1. The molecule has 2 saturated carbocycles. The minimum Gasteiger partial charge on any atom is -0.508 e. The molecular formula is C38H45F2N5O6. The third kappa shape index (κ3) is 6.11. The smallest absolute Gasteiger partial charge is 0.319 e. The number of nitrogens with zero attached hydrogens (tertiary/aromatic N) is 5. The number of rotatable bonds is 8. The number of likely N-dealkylation sites (tertiary alicyclic amines) is 1. The molecule has 0 radical (unpaired) electrons. The van der Waals surface area contributed by atoms with Gasteiger partial charge in [0.1, 0.15) is 39.6 Å². The summed E-state index contributed by atoms with van der Waals surface area (Å²) in [6, 6.07) is 8.02. The van der Waals surface area contributed by atoms with Crippen LogP contribution in [-0.4, -0.2) is 108 Å². The zero-order valence-corrected chi connectivity index (χ0v) is 29.3. The first-order chi connectivity index (χ1) is 24.6. The largest absolute Gasteiger partial charge is 0.508 e. The van der Waals surface area contributed by atoms with Gasteiger partial charge >= 0.3 is 6.01 Å². The lowest BCUT2D eigenvalue weighted by Crippen LogP contribution is -2.59. The molecule has 0 bridgehead atoms. The predicted molar refractivity (Wildman–Crippen MR) is 187 cm³/mol. The number of halogens is 2. The Morgan fingerprint density at radius 1 is 1.04 bits per heavy atom. The van der Waals surface area contributed by atoms with Gasteiger partial charge in [0, 0.05) is 42.1 Å². The van der Waals surface area contributed by atoms with Crippen LogP contribution in [0.1, 0.15) is 51.9 Å². The molecule has 4 aliphatic rings. The Balaban J connectivity index is 1.24. The average molecular weight is 706 g/mol. The molecule has 4 heterocycles. The number of aromatic hydroxyl groups is 1. The second-order valence-corrected chi connectivity index (χ2v) is 15.0. The van der Waals surface area contributed by atoms with E-state index in [9.17, 15) is 10.2 Å². The van der Waals surface area contributed by atoms with E-state index in [1.807, 2.05) is 4.90 Å². The fraction of sp³-hybridized carbons (Fsp3) is 0.553. The molecule has 272 valence electrons. The number of aromatic nitrogens is 3. The second-order valence-electron chi connectivity index (χ2n) is 15.0. The minimum absolute atomic E-state index is 0.00685. The van der Waals surface area contributed by atoms with E-state index in [1.165, 1.54) is 31.4 Å². The highest BCUT2D eigenvalue weighted by Gasteiger charge is 2.52. The number of methoxy groups -OCH3 is 2. The summed E-state index contributed by atoms with van der Waals surface area (Å²) in [5.41, 5.74) is -1.63. The van der Waals surface area contributed by atoms with Gasteiger partial charge < -0.3 is 34.1 Å². The number of fused-ring (bicyclic) bond motifs is 3. The maximum Gasteiger partial charge on any atom is 0.319 e. The van der Waals surface area contributed by atoms with Gasteiger partial charge in [-0.25, -0.2) is 13.8 Å². The van der Waals surface area contributed by atoms with Crippen molar-refractivity contribution in [3.63, 3.8) is 0 Å². The lowest BCUT2D eigenvalue weighted by atomic mass is 9.73. The molecule has 0 spiro atoms. The molecular weight excluding hydrogens is 660 g/mol. The Kier molecular flexibility index (Phi) is 8.88. The molecule has 3 atom stereocenters. The second kappa shape index (κ2) is 13.3. The summed E-state index contributed by atoms with van der Waals surface area (Å²) in [6.07, 6.45) is 7.71. The van der Waals surface area contributed by atoms with Crippen LogP contribution in [0.15, 0.2) is 30.3 Å². The highest BCUT2D eigenvalue weighted by atomic mass is 19.1. The number of ether oxygens (including phenoxy) is 4. The standard InChI is InChI=1S/C38H45F2N5O6/c1-37(47)19-44(13-14-50-20-37)34-30-33(31(40)32(41-35(30)49-3)26-18-24(46)15-22-7-4-8-27(39)29(22)26)42-36(43-34)51-21-38-10-5-9-28(38)45(12-6-11-38)23-16-25(17-23)48-2/h4,7-8,15,18,23,25,28,46-47H,5-6,9-14,16-17,19-21H2,1-3H3. The normalized spacial score (nSPS) is 28.4. The van der Waals surface area contributed by atoms with Crippen molar-refractivity contribution in [3.05, 3.63) is 42.0 Å². The maximum absolute atomic E-state index is 17.1. The number of hydrogen-bond donors (Lipinski definition) is 2. The SMILES string of the molecule is COc1nc(-c2cc(O)cc3cccc(F)c23)c(F)c2nc(OCC34CCCC3N(C3CC(OC)C3)CCC4)nc(N3CCOCC(C)(O)C3)c12. The third-order valence-electron chi connectivity index (χ3n) is 11.5. The van der Waals surface area contributed by atoms with Crippen molar-refractivity contribution < 1.29 is 37.9 Å².